The minimum atomic E-state index is -0.429. The normalized spacial score (nSPS) is 10.7. The maximum atomic E-state index is 12.4. The topological polar surface area (TPSA) is 80.7 Å². The van der Waals surface area contributed by atoms with Gasteiger partial charge in [0.15, 0.2) is 10.9 Å². The second kappa shape index (κ2) is 7.90. The maximum Gasteiger partial charge on any atom is 0.277 e. The lowest BCUT2D eigenvalue weighted by Gasteiger charge is -2.07. The lowest BCUT2D eigenvalue weighted by molar-refractivity contribution is 0.102. The fourth-order valence-electron chi connectivity index (χ4n) is 2.00. The minimum Gasteiger partial charge on any atom is -0.295 e. The number of nitrogens with one attached hydrogen (secondary N) is 1. The first kappa shape index (κ1) is 17.8. The molecule has 9 heteroatoms. The van der Waals surface area contributed by atoms with Gasteiger partial charge in [0.05, 0.1) is 11.2 Å². The van der Waals surface area contributed by atoms with Crippen LogP contribution in [0.2, 0.25) is 5.02 Å². The lowest BCUT2D eigenvalue weighted by Crippen LogP contribution is -2.15. The molecule has 128 valence electrons. The molecular formula is C16H14ClN5OS2. The maximum absolute atomic E-state index is 12.4. The molecule has 3 aromatic rings. The SMILES string of the molecule is Cc1nnc(NC(=O)c2nc(SCc3ccccc3C)ncc2Cl)s1. The quantitative estimate of drug-likeness (QED) is 0.520. The zero-order chi connectivity index (χ0) is 17.8. The van der Waals surface area contributed by atoms with E-state index in [1.165, 1.54) is 40.4 Å². The molecular weight excluding hydrogens is 378 g/mol. The molecule has 1 aromatic carbocycles. The van der Waals surface area contributed by atoms with Crippen LogP contribution in [0.1, 0.15) is 26.6 Å². The van der Waals surface area contributed by atoms with Crippen molar-refractivity contribution in [3.63, 3.8) is 0 Å². The van der Waals surface area contributed by atoms with Gasteiger partial charge >= 0.3 is 0 Å². The molecule has 0 fully saturated rings. The molecule has 6 nitrogen and oxygen atoms in total. The van der Waals surface area contributed by atoms with E-state index < -0.39 is 5.91 Å². The summed E-state index contributed by atoms with van der Waals surface area (Å²) in [5.74, 6) is 0.284. The molecule has 0 aliphatic rings. The van der Waals surface area contributed by atoms with Crippen LogP contribution in [0.5, 0.6) is 0 Å². The van der Waals surface area contributed by atoms with Crippen LogP contribution < -0.4 is 5.32 Å². The molecule has 0 bridgehead atoms. The Labute approximate surface area is 158 Å². The monoisotopic (exact) mass is 391 g/mol. The Kier molecular flexibility index (Phi) is 5.62. The summed E-state index contributed by atoms with van der Waals surface area (Å²) in [6, 6.07) is 8.11. The molecule has 3 rings (SSSR count). The largest absolute Gasteiger partial charge is 0.295 e. The van der Waals surface area contributed by atoms with E-state index in [4.69, 9.17) is 11.6 Å². The van der Waals surface area contributed by atoms with Crippen molar-refractivity contribution < 1.29 is 4.79 Å². The van der Waals surface area contributed by atoms with E-state index in [-0.39, 0.29) is 10.7 Å². The number of hydrogen-bond acceptors (Lipinski definition) is 7. The number of benzene rings is 1. The van der Waals surface area contributed by atoms with Crippen LogP contribution in [0.4, 0.5) is 5.13 Å². The van der Waals surface area contributed by atoms with Crippen molar-refractivity contribution in [3.05, 3.63) is 57.3 Å². The average Bonchev–Trinajstić information content (AvgIpc) is 3.00. The van der Waals surface area contributed by atoms with Crippen LogP contribution in [0, 0.1) is 13.8 Å². The number of hydrogen-bond donors (Lipinski definition) is 1. The Hall–Kier alpha value is -2.03. The first-order valence-electron chi connectivity index (χ1n) is 7.34. The van der Waals surface area contributed by atoms with Gasteiger partial charge in [-0.05, 0) is 25.0 Å². The van der Waals surface area contributed by atoms with Crippen molar-refractivity contribution >= 4 is 45.7 Å². The number of nitrogens with zero attached hydrogens (tertiary/aromatic N) is 4. The first-order chi connectivity index (χ1) is 12.0. The van der Waals surface area contributed by atoms with Crippen LogP contribution in [-0.2, 0) is 5.75 Å². The molecule has 25 heavy (non-hydrogen) atoms. The van der Waals surface area contributed by atoms with Crippen molar-refractivity contribution in [2.75, 3.05) is 5.32 Å². The molecule has 0 spiro atoms. The minimum absolute atomic E-state index is 0.122. The Morgan fingerprint density at radius 3 is 2.80 bits per heavy atom. The predicted molar refractivity (Wildman–Crippen MR) is 100 cm³/mol. The average molecular weight is 392 g/mol. The van der Waals surface area contributed by atoms with Gasteiger partial charge in [-0.15, -0.1) is 10.2 Å². The standard InChI is InChI=1S/C16H14ClN5OS2/c1-9-5-3-4-6-11(9)8-24-15-18-7-12(17)13(19-15)14(23)20-16-22-21-10(2)25-16/h3-7H,8H2,1-2H3,(H,20,22,23). The Morgan fingerprint density at radius 1 is 1.28 bits per heavy atom. The van der Waals surface area contributed by atoms with Crippen LogP contribution in [0.25, 0.3) is 0 Å². The number of rotatable bonds is 5. The molecule has 1 amide bonds. The zero-order valence-electron chi connectivity index (χ0n) is 13.5. The summed E-state index contributed by atoms with van der Waals surface area (Å²) in [6.45, 7) is 3.87. The van der Waals surface area contributed by atoms with Crippen LogP contribution in [-0.4, -0.2) is 26.1 Å². The molecule has 0 atom stereocenters. The molecule has 2 heterocycles. The lowest BCUT2D eigenvalue weighted by atomic mass is 10.1. The third-order valence-electron chi connectivity index (χ3n) is 3.30. The van der Waals surface area contributed by atoms with Gasteiger partial charge in [-0.3, -0.25) is 10.1 Å². The number of anilines is 1. The van der Waals surface area contributed by atoms with E-state index in [1.54, 1.807) is 0 Å². The molecule has 2 aromatic heterocycles. The molecule has 0 aliphatic heterocycles. The van der Waals surface area contributed by atoms with E-state index in [2.05, 4.69) is 44.5 Å². The summed E-state index contributed by atoms with van der Waals surface area (Å²) in [6.07, 6.45) is 1.44. The highest BCUT2D eigenvalue weighted by Gasteiger charge is 2.16. The van der Waals surface area contributed by atoms with Gasteiger partial charge in [0, 0.05) is 5.75 Å². The number of thioether (sulfide) groups is 1. The molecule has 0 unspecified atom stereocenters. The van der Waals surface area contributed by atoms with Crippen LogP contribution >= 0.6 is 34.7 Å². The highest BCUT2D eigenvalue weighted by molar-refractivity contribution is 7.98. The Balaban J connectivity index is 1.73. The summed E-state index contributed by atoms with van der Waals surface area (Å²) in [4.78, 5) is 20.8. The zero-order valence-corrected chi connectivity index (χ0v) is 15.9. The highest BCUT2D eigenvalue weighted by atomic mass is 35.5. The van der Waals surface area contributed by atoms with E-state index in [0.29, 0.717) is 16.0 Å². The van der Waals surface area contributed by atoms with Gasteiger partial charge in [0.1, 0.15) is 5.01 Å². The number of amides is 1. The summed E-state index contributed by atoms with van der Waals surface area (Å²) < 4.78 is 0. The summed E-state index contributed by atoms with van der Waals surface area (Å²) >= 11 is 8.81. The van der Waals surface area contributed by atoms with Gasteiger partial charge in [-0.1, -0.05) is 59.0 Å². The van der Waals surface area contributed by atoms with Crippen molar-refractivity contribution in [1.82, 2.24) is 20.2 Å². The summed E-state index contributed by atoms with van der Waals surface area (Å²) in [5.41, 5.74) is 2.52. The Bertz CT molecular complexity index is 915. The van der Waals surface area contributed by atoms with E-state index in [9.17, 15) is 4.79 Å². The van der Waals surface area contributed by atoms with Crippen molar-refractivity contribution in [2.24, 2.45) is 0 Å². The molecule has 0 radical (unpaired) electrons. The van der Waals surface area contributed by atoms with Crippen molar-refractivity contribution in [2.45, 2.75) is 24.8 Å². The number of halogens is 1. The van der Waals surface area contributed by atoms with Gasteiger partial charge in [0.25, 0.3) is 5.91 Å². The number of aryl methyl sites for hydroxylation is 2. The molecule has 1 N–H and O–H groups in total. The van der Waals surface area contributed by atoms with Gasteiger partial charge < -0.3 is 0 Å². The van der Waals surface area contributed by atoms with Gasteiger partial charge in [-0.25, -0.2) is 9.97 Å². The second-order valence-corrected chi connectivity index (χ2v) is 7.68. The number of carbonyl (C=O) groups excluding carboxylic acids is 1. The fourth-order valence-corrected chi connectivity index (χ4v) is 3.65. The number of aromatic nitrogens is 4. The highest BCUT2D eigenvalue weighted by Crippen LogP contribution is 2.24. The summed E-state index contributed by atoms with van der Waals surface area (Å²) in [5, 5.41) is 12.2. The molecule has 0 aliphatic carbocycles. The first-order valence-corrected chi connectivity index (χ1v) is 9.52. The second-order valence-electron chi connectivity index (χ2n) is 5.14. The van der Waals surface area contributed by atoms with Gasteiger partial charge in [-0.2, -0.15) is 0 Å². The van der Waals surface area contributed by atoms with Gasteiger partial charge in [0.2, 0.25) is 5.13 Å². The molecule has 0 saturated carbocycles. The Morgan fingerprint density at radius 2 is 2.08 bits per heavy atom. The summed E-state index contributed by atoms with van der Waals surface area (Å²) in [7, 11) is 0. The van der Waals surface area contributed by atoms with E-state index in [1.807, 2.05) is 19.1 Å². The number of carbonyl (C=O) groups is 1. The predicted octanol–water partition coefficient (Wildman–Crippen LogP) is 4.14. The third kappa shape index (κ3) is 4.53. The van der Waals surface area contributed by atoms with Crippen LogP contribution in [0.3, 0.4) is 0 Å². The van der Waals surface area contributed by atoms with Crippen molar-refractivity contribution in [1.29, 1.82) is 0 Å². The van der Waals surface area contributed by atoms with Crippen LogP contribution in [0.15, 0.2) is 35.6 Å². The van der Waals surface area contributed by atoms with Crippen molar-refractivity contribution in [3.8, 4) is 0 Å². The third-order valence-corrected chi connectivity index (χ3v) is 5.24. The molecule has 0 saturated heterocycles. The van der Waals surface area contributed by atoms with E-state index >= 15 is 0 Å². The smallest absolute Gasteiger partial charge is 0.277 e. The van der Waals surface area contributed by atoms with E-state index in [0.717, 1.165) is 5.01 Å². The fraction of sp³-hybridized carbons (Fsp3) is 0.188.